The molecule has 166 valence electrons. The Morgan fingerprint density at radius 1 is 1.25 bits per heavy atom. The van der Waals surface area contributed by atoms with Crippen LogP contribution in [0.15, 0.2) is 54.9 Å². The quantitative estimate of drug-likeness (QED) is 0.468. The number of ether oxygens (including phenoxy) is 1. The minimum atomic E-state index is -0.740. The van der Waals surface area contributed by atoms with Crippen molar-refractivity contribution in [1.29, 1.82) is 0 Å². The summed E-state index contributed by atoms with van der Waals surface area (Å²) in [5, 5.41) is 14.6. The Morgan fingerprint density at radius 2 is 2.03 bits per heavy atom. The Labute approximate surface area is 183 Å². The van der Waals surface area contributed by atoms with Gasteiger partial charge < -0.3 is 19.5 Å². The second-order valence-electron chi connectivity index (χ2n) is 7.42. The molecule has 1 saturated heterocycles. The SMILES string of the molecule is Cn1ccnc1[C@@H](NC(=O)c1ccc(N2CCOCC2)c([N+](=O)[O-])c1)c1cccc(F)c1. The zero-order chi connectivity index (χ0) is 22.7. The maximum absolute atomic E-state index is 13.9. The predicted octanol–water partition coefficient (Wildman–Crippen LogP) is 2.82. The van der Waals surface area contributed by atoms with Crippen LogP contribution in [0.25, 0.3) is 0 Å². The number of hydrogen-bond acceptors (Lipinski definition) is 6. The number of benzene rings is 2. The molecule has 1 amide bonds. The van der Waals surface area contributed by atoms with Crippen molar-refractivity contribution in [2.24, 2.45) is 7.05 Å². The molecule has 1 atom stereocenters. The summed E-state index contributed by atoms with van der Waals surface area (Å²) in [5.74, 6) is -0.469. The molecule has 1 aliphatic heterocycles. The highest BCUT2D eigenvalue weighted by atomic mass is 19.1. The van der Waals surface area contributed by atoms with Crippen molar-refractivity contribution < 1.29 is 18.8 Å². The van der Waals surface area contributed by atoms with Crippen LogP contribution < -0.4 is 10.2 Å². The Balaban J connectivity index is 1.65. The van der Waals surface area contributed by atoms with Gasteiger partial charge in [0, 0.05) is 44.2 Å². The Bertz CT molecular complexity index is 1140. The van der Waals surface area contributed by atoms with Gasteiger partial charge in [-0.3, -0.25) is 14.9 Å². The number of nitrogens with zero attached hydrogens (tertiary/aromatic N) is 4. The first-order chi connectivity index (χ1) is 15.4. The third-order valence-electron chi connectivity index (χ3n) is 5.36. The van der Waals surface area contributed by atoms with Crippen LogP contribution in [0.5, 0.6) is 0 Å². The van der Waals surface area contributed by atoms with E-state index < -0.39 is 22.7 Å². The van der Waals surface area contributed by atoms with Crippen molar-refractivity contribution in [2.75, 3.05) is 31.2 Å². The number of aromatic nitrogens is 2. The summed E-state index contributed by atoms with van der Waals surface area (Å²) >= 11 is 0. The monoisotopic (exact) mass is 439 g/mol. The van der Waals surface area contributed by atoms with E-state index in [1.807, 2.05) is 4.90 Å². The number of aryl methyl sites for hydroxylation is 1. The zero-order valence-electron chi connectivity index (χ0n) is 17.4. The lowest BCUT2D eigenvalue weighted by atomic mass is 10.0. The lowest BCUT2D eigenvalue weighted by Gasteiger charge is -2.28. The van der Waals surface area contributed by atoms with Gasteiger partial charge in [0.25, 0.3) is 11.6 Å². The van der Waals surface area contributed by atoms with Crippen molar-refractivity contribution in [2.45, 2.75) is 6.04 Å². The van der Waals surface area contributed by atoms with Crippen LogP contribution in [-0.2, 0) is 11.8 Å². The fraction of sp³-hybridized carbons (Fsp3) is 0.273. The summed E-state index contributed by atoms with van der Waals surface area (Å²) in [6.45, 7) is 2.04. The largest absolute Gasteiger partial charge is 0.378 e. The molecule has 1 fully saturated rings. The summed E-state index contributed by atoms with van der Waals surface area (Å²) in [5.41, 5.74) is 0.927. The number of carbonyl (C=O) groups excluding carboxylic acids is 1. The number of halogens is 1. The average Bonchev–Trinajstić information content (AvgIpc) is 3.23. The van der Waals surface area contributed by atoms with Gasteiger partial charge in [-0.15, -0.1) is 0 Å². The average molecular weight is 439 g/mol. The number of amides is 1. The number of nitro groups is 1. The van der Waals surface area contributed by atoms with Crippen molar-refractivity contribution in [1.82, 2.24) is 14.9 Å². The summed E-state index contributed by atoms with van der Waals surface area (Å²) in [4.78, 5) is 30.5. The van der Waals surface area contributed by atoms with Crippen molar-refractivity contribution >= 4 is 17.3 Å². The van der Waals surface area contributed by atoms with Crippen LogP contribution in [0.2, 0.25) is 0 Å². The number of nitrogens with one attached hydrogen (secondary N) is 1. The molecule has 0 saturated carbocycles. The van der Waals surface area contributed by atoms with E-state index in [1.54, 1.807) is 48.3 Å². The van der Waals surface area contributed by atoms with E-state index in [1.165, 1.54) is 18.2 Å². The van der Waals surface area contributed by atoms with Crippen LogP contribution in [-0.4, -0.2) is 46.7 Å². The predicted molar refractivity (Wildman–Crippen MR) is 115 cm³/mol. The van der Waals surface area contributed by atoms with Crippen LogP contribution in [0, 0.1) is 15.9 Å². The van der Waals surface area contributed by atoms with Gasteiger partial charge in [0.2, 0.25) is 0 Å². The van der Waals surface area contributed by atoms with Gasteiger partial charge in [-0.2, -0.15) is 0 Å². The van der Waals surface area contributed by atoms with Gasteiger partial charge in [0.05, 0.1) is 18.1 Å². The van der Waals surface area contributed by atoms with Gasteiger partial charge >= 0.3 is 0 Å². The van der Waals surface area contributed by atoms with E-state index in [2.05, 4.69) is 10.3 Å². The Kier molecular flexibility index (Phi) is 6.13. The normalized spacial score (nSPS) is 14.8. The number of rotatable bonds is 6. The standard InChI is InChI=1S/C22H22FN5O4/c1-26-8-7-24-21(26)20(15-3-2-4-17(23)13-15)25-22(29)16-5-6-18(19(14-16)28(30)31)27-9-11-32-12-10-27/h2-8,13-14,20H,9-12H2,1H3,(H,25,29)/t20-/m0/s1. The molecule has 0 aliphatic carbocycles. The second-order valence-corrected chi connectivity index (χ2v) is 7.42. The lowest BCUT2D eigenvalue weighted by molar-refractivity contribution is -0.384. The molecule has 0 spiro atoms. The van der Waals surface area contributed by atoms with E-state index in [9.17, 15) is 19.3 Å². The Morgan fingerprint density at radius 3 is 2.69 bits per heavy atom. The van der Waals surface area contributed by atoms with Gasteiger partial charge in [0.15, 0.2) is 0 Å². The minimum absolute atomic E-state index is 0.129. The molecule has 2 aromatic carbocycles. The molecule has 4 rings (SSSR count). The highest BCUT2D eigenvalue weighted by molar-refractivity contribution is 5.96. The summed E-state index contributed by atoms with van der Waals surface area (Å²) in [6.07, 6.45) is 3.30. The van der Waals surface area contributed by atoms with Gasteiger partial charge in [0.1, 0.15) is 23.4 Å². The number of morpholine rings is 1. The molecule has 0 radical (unpaired) electrons. The summed E-state index contributed by atoms with van der Waals surface area (Å²) in [6, 6.07) is 9.53. The number of carbonyl (C=O) groups is 1. The molecule has 0 bridgehead atoms. The van der Waals surface area contributed by atoms with Gasteiger partial charge in [-0.05, 0) is 29.8 Å². The molecular weight excluding hydrogens is 417 g/mol. The number of hydrogen-bond donors (Lipinski definition) is 1. The molecule has 32 heavy (non-hydrogen) atoms. The van der Waals surface area contributed by atoms with Crippen LogP contribution in [0.3, 0.4) is 0 Å². The lowest BCUT2D eigenvalue weighted by Crippen LogP contribution is -2.36. The Hall–Kier alpha value is -3.79. The minimum Gasteiger partial charge on any atom is -0.378 e. The summed E-state index contributed by atoms with van der Waals surface area (Å²) < 4.78 is 20.9. The highest BCUT2D eigenvalue weighted by Gasteiger charge is 2.26. The van der Waals surface area contributed by atoms with Crippen LogP contribution in [0.1, 0.15) is 27.8 Å². The van der Waals surface area contributed by atoms with Crippen molar-refractivity contribution in [3.63, 3.8) is 0 Å². The first-order valence-electron chi connectivity index (χ1n) is 10.1. The van der Waals surface area contributed by atoms with Crippen molar-refractivity contribution in [3.8, 4) is 0 Å². The third-order valence-corrected chi connectivity index (χ3v) is 5.36. The molecule has 10 heteroatoms. The molecule has 0 unspecified atom stereocenters. The van der Waals surface area contributed by atoms with E-state index in [0.717, 1.165) is 0 Å². The number of nitro benzene ring substituents is 1. The molecule has 3 aromatic rings. The highest BCUT2D eigenvalue weighted by Crippen LogP contribution is 2.30. The summed E-state index contributed by atoms with van der Waals surface area (Å²) in [7, 11) is 1.77. The van der Waals surface area contributed by atoms with E-state index in [0.29, 0.717) is 43.4 Å². The molecule has 9 nitrogen and oxygen atoms in total. The first kappa shape index (κ1) is 21.4. The molecule has 1 aliphatic rings. The molecule has 1 N–H and O–H groups in total. The number of anilines is 1. The maximum atomic E-state index is 13.9. The van der Waals surface area contributed by atoms with Gasteiger partial charge in [-0.1, -0.05) is 12.1 Å². The first-order valence-corrected chi connectivity index (χ1v) is 10.1. The fourth-order valence-electron chi connectivity index (χ4n) is 3.74. The van der Waals surface area contributed by atoms with Crippen LogP contribution >= 0.6 is 0 Å². The number of imidazole rings is 1. The topological polar surface area (TPSA) is 103 Å². The van der Waals surface area contributed by atoms with E-state index in [4.69, 9.17) is 4.74 Å². The van der Waals surface area contributed by atoms with Crippen molar-refractivity contribution in [3.05, 3.63) is 87.7 Å². The zero-order valence-corrected chi connectivity index (χ0v) is 17.4. The van der Waals surface area contributed by atoms with E-state index >= 15 is 0 Å². The smallest absolute Gasteiger partial charge is 0.293 e. The van der Waals surface area contributed by atoms with Crippen LogP contribution in [0.4, 0.5) is 15.8 Å². The molecule has 1 aromatic heterocycles. The molecular formula is C22H22FN5O4. The second kappa shape index (κ2) is 9.15. The van der Waals surface area contributed by atoms with E-state index in [-0.39, 0.29) is 11.3 Å². The fourth-order valence-corrected chi connectivity index (χ4v) is 3.74. The van der Waals surface area contributed by atoms with Gasteiger partial charge in [-0.25, -0.2) is 9.37 Å². The maximum Gasteiger partial charge on any atom is 0.293 e. The third kappa shape index (κ3) is 4.45. The molecule has 2 heterocycles.